The number of imidazole rings is 1. The predicted octanol–water partition coefficient (Wildman–Crippen LogP) is 3.82. The highest BCUT2D eigenvalue weighted by atomic mass is 32.2. The highest BCUT2D eigenvalue weighted by Gasteiger charge is 2.17. The van der Waals surface area contributed by atoms with Gasteiger partial charge in [0.15, 0.2) is 0 Å². The molecule has 0 saturated heterocycles. The van der Waals surface area contributed by atoms with Crippen LogP contribution in [0.3, 0.4) is 0 Å². The highest BCUT2D eigenvalue weighted by Crippen LogP contribution is 2.19. The van der Waals surface area contributed by atoms with Gasteiger partial charge in [0.1, 0.15) is 11.3 Å². The summed E-state index contributed by atoms with van der Waals surface area (Å²) in [6, 6.07) is 11.6. The van der Waals surface area contributed by atoms with Gasteiger partial charge < -0.3 is 10.6 Å². The van der Waals surface area contributed by atoms with Crippen molar-refractivity contribution < 1.29 is 9.59 Å². The van der Waals surface area contributed by atoms with Gasteiger partial charge in [-0.25, -0.2) is 4.98 Å². The molecular weight excluding hydrogens is 372 g/mol. The Balaban J connectivity index is 1.51. The van der Waals surface area contributed by atoms with Crippen molar-refractivity contribution in [3.8, 4) is 0 Å². The van der Waals surface area contributed by atoms with E-state index in [0.717, 1.165) is 21.8 Å². The second kappa shape index (κ2) is 8.93. The fraction of sp³-hybridized carbons (Fsp3) is 0.286. The van der Waals surface area contributed by atoms with Crippen LogP contribution in [-0.4, -0.2) is 34.0 Å². The first-order valence-electron chi connectivity index (χ1n) is 9.16. The van der Waals surface area contributed by atoms with Gasteiger partial charge in [-0.3, -0.25) is 14.0 Å². The first kappa shape index (κ1) is 19.9. The number of hydrogen-bond donors (Lipinski definition) is 2. The van der Waals surface area contributed by atoms with Crippen LogP contribution >= 0.6 is 11.8 Å². The van der Waals surface area contributed by atoms with E-state index in [9.17, 15) is 9.59 Å². The molecule has 0 fully saturated rings. The first-order valence-corrected chi connectivity index (χ1v) is 10.4. The van der Waals surface area contributed by atoms with Crippen LogP contribution in [0.15, 0.2) is 47.5 Å². The minimum absolute atomic E-state index is 0.0610. The van der Waals surface area contributed by atoms with E-state index in [4.69, 9.17) is 0 Å². The van der Waals surface area contributed by atoms with E-state index in [1.54, 1.807) is 11.8 Å². The topological polar surface area (TPSA) is 75.5 Å². The summed E-state index contributed by atoms with van der Waals surface area (Å²) < 4.78 is 1.81. The van der Waals surface area contributed by atoms with E-state index in [1.807, 2.05) is 67.1 Å². The molecule has 6 nitrogen and oxygen atoms in total. The number of nitrogens with zero attached hydrogens (tertiary/aromatic N) is 2. The Morgan fingerprint density at radius 1 is 1.18 bits per heavy atom. The van der Waals surface area contributed by atoms with Gasteiger partial charge >= 0.3 is 0 Å². The van der Waals surface area contributed by atoms with Gasteiger partial charge in [-0.15, -0.1) is 11.8 Å². The van der Waals surface area contributed by atoms with Gasteiger partial charge in [-0.2, -0.15) is 0 Å². The number of hydrogen-bond acceptors (Lipinski definition) is 4. The lowest BCUT2D eigenvalue weighted by Crippen LogP contribution is -2.27. The Hall–Kier alpha value is -2.80. The van der Waals surface area contributed by atoms with Crippen LogP contribution in [-0.2, 0) is 4.79 Å². The number of benzene rings is 1. The Morgan fingerprint density at radius 2 is 2.00 bits per heavy atom. The van der Waals surface area contributed by atoms with Gasteiger partial charge in [0, 0.05) is 29.7 Å². The summed E-state index contributed by atoms with van der Waals surface area (Å²) in [7, 11) is 0. The van der Waals surface area contributed by atoms with Crippen LogP contribution in [0.4, 0.5) is 5.69 Å². The summed E-state index contributed by atoms with van der Waals surface area (Å²) >= 11 is 1.63. The number of rotatable bonds is 7. The van der Waals surface area contributed by atoms with E-state index in [1.165, 1.54) is 0 Å². The van der Waals surface area contributed by atoms with Gasteiger partial charge in [0.2, 0.25) is 5.91 Å². The van der Waals surface area contributed by atoms with E-state index < -0.39 is 0 Å². The third kappa shape index (κ3) is 4.54. The van der Waals surface area contributed by atoms with E-state index in [2.05, 4.69) is 15.6 Å². The number of pyridine rings is 1. The lowest BCUT2D eigenvalue weighted by molar-refractivity contribution is -0.116. The average Bonchev–Trinajstić information content (AvgIpc) is 3.02. The third-order valence-electron chi connectivity index (χ3n) is 4.45. The minimum atomic E-state index is -0.177. The number of aromatic nitrogens is 2. The Bertz CT molecular complexity index is 1010. The van der Waals surface area contributed by atoms with E-state index >= 15 is 0 Å². The van der Waals surface area contributed by atoms with Crippen molar-refractivity contribution in [3.05, 3.63) is 59.5 Å². The molecule has 0 aliphatic heterocycles. The van der Waals surface area contributed by atoms with E-state index in [0.29, 0.717) is 30.8 Å². The number of fused-ring (bicyclic) bond motifs is 1. The van der Waals surface area contributed by atoms with Crippen molar-refractivity contribution in [1.82, 2.24) is 14.7 Å². The highest BCUT2D eigenvalue weighted by molar-refractivity contribution is 7.98. The largest absolute Gasteiger partial charge is 0.351 e. The number of thioether (sulfide) groups is 1. The van der Waals surface area contributed by atoms with Crippen LogP contribution in [0.5, 0.6) is 0 Å². The summed E-state index contributed by atoms with van der Waals surface area (Å²) in [4.78, 5) is 30.3. The summed E-state index contributed by atoms with van der Waals surface area (Å²) in [5, 5.41) is 5.78. The summed E-state index contributed by atoms with van der Waals surface area (Å²) in [6.45, 7) is 4.23. The molecule has 28 heavy (non-hydrogen) atoms. The minimum Gasteiger partial charge on any atom is -0.351 e. The first-order chi connectivity index (χ1) is 13.5. The van der Waals surface area contributed by atoms with Crippen LogP contribution in [0, 0.1) is 13.8 Å². The number of carbonyl (C=O) groups is 2. The molecule has 0 atom stereocenters. The van der Waals surface area contributed by atoms with Crippen molar-refractivity contribution in [2.45, 2.75) is 31.6 Å². The van der Waals surface area contributed by atoms with Gasteiger partial charge in [0.05, 0.1) is 5.69 Å². The van der Waals surface area contributed by atoms with Crippen molar-refractivity contribution in [2.75, 3.05) is 18.1 Å². The smallest absolute Gasteiger partial charge is 0.270 e. The lowest BCUT2D eigenvalue weighted by atomic mass is 10.2. The van der Waals surface area contributed by atoms with Gasteiger partial charge in [0.25, 0.3) is 5.91 Å². The molecule has 3 rings (SSSR count). The standard InChI is InChI=1S/C21H24N4O2S/c1-14-7-6-12-25-19(15(2)23-20(14)25)21(27)22-11-5-10-18(26)24-16-8-4-9-17(13-16)28-3/h4,6-9,12-13H,5,10-11H2,1-3H3,(H,22,27)(H,24,26). The van der Waals surface area contributed by atoms with Crippen LogP contribution in [0.1, 0.15) is 34.6 Å². The van der Waals surface area contributed by atoms with Crippen molar-refractivity contribution in [1.29, 1.82) is 0 Å². The second-order valence-corrected chi connectivity index (χ2v) is 7.45. The Kier molecular flexibility index (Phi) is 6.36. The molecule has 0 aliphatic carbocycles. The summed E-state index contributed by atoms with van der Waals surface area (Å²) in [5.41, 5.74) is 3.83. The monoisotopic (exact) mass is 396 g/mol. The molecule has 0 unspecified atom stereocenters. The van der Waals surface area contributed by atoms with Crippen molar-refractivity contribution in [3.63, 3.8) is 0 Å². The molecule has 2 amide bonds. The number of aryl methyl sites for hydroxylation is 2. The normalized spacial score (nSPS) is 10.8. The van der Waals surface area contributed by atoms with Gasteiger partial charge in [-0.05, 0) is 56.4 Å². The molecule has 7 heteroatoms. The summed E-state index contributed by atoms with van der Waals surface area (Å²) in [5.74, 6) is -0.238. The lowest BCUT2D eigenvalue weighted by Gasteiger charge is -2.08. The zero-order valence-electron chi connectivity index (χ0n) is 16.3. The van der Waals surface area contributed by atoms with Crippen LogP contribution < -0.4 is 10.6 Å². The van der Waals surface area contributed by atoms with E-state index in [-0.39, 0.29) is 11.8 Å². The van der Waals surface area contributed by atoms with Crippen LogP contribution in [0.2, 0.25) is 0 Å². The van der Waals surface area contributed by atoms with Crippen molar-refractivity contribution in [2.24, 2.45) is 0 Å². The molecular formula is C21H24N4O2S. The Morgan fingerprint density at radius 3 is 2.79 bits per heavy atom. The van der Waals surface area contributed by atoms with Crippen LogP contribution in [0.25, 0.3) is 5.65 Å². The maximum Gasteiger partial charge on any atom is 0.270 e. The maximum atomic E-state index is 12.6. The molecule has 2 aromatic heterocycles. The number of nitrogens with one attached hydrogen (secondary N) is 2. The van der Waals surface area contributed by atoms with Crippen molar-refractivity contribution >= 4 is 34.9 Å². The fourth-order valence-electron chi connectivity index (χ4n) is 3.05. The fourth-order valence-corrected chi connectivity index (χ4v) is 3.51. The van der Waals surface area contributed by atoms with Gasteiger partial charge in [-0.1, -0.05) is 12.1 Å². The molecule has 0 aliphatic rings. The molecule has 0 bridgehead atoms. The number of carbonyl (C=O) groups excluding carboxylic acids is 2. The molecule has 1 aromatic carbocycles. The Labute approximate surface area is 168 Å². The molecule has 0 saturated carbocycles. The zero-order valence-corrected chi connectivity index (χ0v) is 17.1. The third-order valence-corrected chi connectivity index (χ3v) is 5.18. The SMILES string of the molecule is CSc1cccc(NC(=O)CCCNC(=O)c2c(C)nc3c(C)cccn23)c1. The summed E-state index contributed by atoms with van der Waals surface area (Å²) in [6.07, 6.45) is 4.74. The molecule has 2 heterocycles. The molecule has 0 radical (unpaired) electrons. The second-order valence-electron chi connectivity index (χ2n) is 6.57. The molecule has 0 spiro atoms. The average molecular weight is 397 g/mol. The quantitative estimate of drug-likeness (QED) is 0.470. The molecule has 146 valence electrons. The number of anilines is 1. The zero-order chi connectivity index (χ0) is 20.1. The number of amides is 2. The maximum absolute atomic E-state index is 12.6. The molecule has 2 N–H and O–H groups in total. The molecule has 3 aromatic rings. The predicted molar refractivity (Wildman–Crippen MR) is 113 cm³/mol.